The van der Waals surface area contributed by atoms with E-state index in [4.69, 9.17) is 4.74 Å². The highest BCUT2D eigenvalue weighted by molar-refractivity contribution is 5.27. The van der Waals surface area contributed by atoms with Crippen LogP contribution < -0.4 is 5.32 Å². The normalized spacial score (nSPS) is 27.5. The summed E-state index contributed by atoms with van der Waals surface area (Å²) in [6.07, 6.45) is 5.93. The van der Waals surface area contributed by atoms with Gasteiger partial charge in [0.2, 0.25) is 0 Å². The molecule has 1 saturated carbocycles. The monoisotopic (exact) mass is 289 g/mol. The molecule has 2 heteroatoms. The summed E-state index contributed by atoms with van der Waals surface area (Å²) in [4.78, 5) is 0. The number of methoxy groups -OCH3 is 1. The lowest BCUT2D eigenvalue weighted by molar-refractivity contribution is -0.0757. The van der Waals surface area contributed by atoms with Crippen LogP contribution in [0, 0.1) is 5.92 Å². The van der Waals surface area contributed by atoms with Crippen LogP contribution in [0.1, 0.15) is 63.6 Å². The fourth-order valence-corrected chi connectivity index (χ4v) is 3.62. The lowest BCUT2D eigenvalue weighted by Crippen LogP contribution is -2.47. The van der Waals surface area contributed by atoms with Crippen molar-refractivity contribution in [2.24, 2.45) is 5.92 Å². The number of hydrogen-bond acceptors (Lipinski definition) is 2. The Balaban J connectivity index is 2.26. The van der Waals surface area contributed by atoms with Crippen molar-refractivity contribution in [1.29, 1.82) is 0 Å². The summed E-state index contributed by atoms with van der Waals surface area (Å²) < 4.78 is 6.09. The topological polar surface area (TPSA) is 21.3 Å². The second kappa shape index (κ2) is 7.42. The van der Waals surface area contributed by atoms with E-state index in [2.05, 4.69) is 50.4 Å². The fourth-order valence-electron chi connectivity index (χ4n) is 3.62. The Morgan fingerprint density at radius 2 is 1.81 bits per heavy atom. The molecule has 1 aromatic carbocycles. The number of hydrogen-bond donors (Lipinski definition) is 1. The molecule has 1 N–H and O–H groups in total. The number of ether oxygens (including phenoxy) is 1. The third-order valence-electron chi connectivity index (χ3n) is 5.18. The number of aryl methyl sites for hydroxylation is 1. The predicted molar refractivity (Wildman–Crippen MR) is 89.6 cm³/mol. The molecule has 1 aliphatic carbocycles. The first-order valence-corrected chi connectivity index (χ1v) is 8.52. The van der Waals surface area contributed by atoms with Crippen LogP contribution in [-0.4, -0.2) is 19.3 Å². The zero-order chi connectivity index (χ0) is 15.3. The average molecular weight is 289 g/mol. The molecule has 0 bridgehead atoms. The van der Waals surface area contributed by atoms with Crippen LogP contribution in [0.5, 0.6) is 0 Å². The maximum atomic E-state index is 6.09. The first-order chi connectivity index (χ1) is 10.1. The molecule has 0 spiro atoms. The second-order valence-corrected chi connectivity index (χ2v) is 6.54. The highest BCUT2D eigenvalue weighted by atomic mass is 16.5. The van der Waals surface area contributed by atoms with E-state index in [-0.39, 0.29) is 5.60 Å². The molecule has 1 atom stereocenters. The van der Waals surface area contributed by atoms with Gasteiger partial charge in [-0.3, -0.25) is 0 Å². The number of nitrogens with one attached hydrogen (secondary N) is 1. The minimum atomic E-state index is -0.0454. The molecular weight excluding hydrogens is 258 g/mol. The summed E-state index contributed by atoms with van der Waals surface area (Å²) in [5.74, 6) is 0.831. The minimum Gasteiger partial charge on any atom is -0.376 e. The molecule has 1 fully saturated rings. The van der Waals surface area contributed by atoms with Gasteiger partial charge in [-0.2, -0.15) is 0 Å². The van der Waals surface area contributed by atoms with E-state index in [0.717, 1.165) is 31.7 Å². The van der Waals surface area contributed by atoms with Crippen molar-refractivity contribution < 1.29 is 4.74 Å². The van der Waals surface area contributed by atoms with Gasteiger partial charge in [-0.1, -0.05) is 45.0 Å². The molecule has 0 aromatic heterocycles. The molecule has 2 nitrogen and oxygen atoms in total. The van der Waals surface area contributed by atoms with Crippen LogP contribution in [-0.2, 0) is 11.2 Å². The molecule has 0 aliphatic heterocycles. The Labute approximate surface area is 130 Å². The zero-order valence-corrected chi connectivity index (χ0v) is 14.1. The molecule has 1 aliphatic rings. The highest BCUT2D eigenvalue weighted by Crippen LogP contribution is 2.42. The summed E-state index contributed by atoms with van der Waals surface area (Å²) in [5, 5.41) is 3.69. The Morgan fingerprint density at radius 1 is 1.19 bits per heavy atom. The van der Waals surface area contributed by atoms with Crippen LogP contribution in [0.15, 0.2) is 24.3 Å². The van der Waals surface area contributed by atoms with Gasteiger partial charge >= 0.3 is 0 Å². The van der Waals surface area contributed by atoms with E-state index in [9.17, 15) is 0 Å². The van der Waals surface area contributed by atoms with Crippen LogP contribution in [0.4, 0.5) is 0 Å². The first-order valence-electron chi connectivity index (χ1n) is 8.52. The van der Waals surface area contributed by atoms with Gasteiger partial charge in [0.15, 0.2) is 0 Å². The van der Waals surface area contributed by atoms with Crippen molar-refractivity contribution >= 4 is 0 Å². The molecule has 0 radical (unpaired) electrons. The summed E-state index contributed by atoms with van der Waals surface area (Å²) in [5.41, 5.74) is 2.72. The van der Waals surface area contributed by atoms with Crippen LogP contribution >= 0.6 is 0 Å². The van der Waals surface area contributed by atoms with E-state index >= 15 is 0 Å². The lowest BCUT2D eigenvalue weighted by Gasteiger charge is -2.44. The van der Waals surface area contributed by atoms with E-state index in [0.29, 0.717) is 6.04 Å². The fraction of sp³-hybridized carbons (Fsp3) is 0.684. The van der Waals surface area contributed by atoms with Crippen molar-refractivity contribution in [2.45, 2.75) is 64.5 Å². The molecule has 0 amide bonds. The highest BCUT2D eigenvalue weighted by Gasteiger charge is 2.41. The molecule has 21 heavy (non-hydrogen) atoms. The minimum absolute atomic E-state index is 0.0454. The number of likely N-dealkylation sites (N-methyl/N-ethyl adjacent to an activating group) is 1. The van der Waals surface area contributed by atoms with Gasteiger partial charge in [-0.25, -0.2) is 0 Å². The van der Waals surface area contributed by atoms with Gasteiger partial charge in [0.25, 0.3) is 0 Å². The molecule has 118 valence electrons. The third-order valence-corrected chi connectivity index (χ3v) is 5.18. The Hall–Kier alpha value is -0.860. The lowest BCUT2D eigenvalue weighted by atomic mass is 9.73. The summed E-state index contributed by atoms with van der Waals surface area (Å²) in [6.45, 7) is 7.72. The first kappa shape index (κ1) is 16.5. The second-order valence-electron chi connectivity index (χ2n) is 6.54. The van der Waals surface area contributed by atoms with Gasteiger partial charge in [-0.05, 0) is 55.7 Å². The summed E-state index contributed by atoms with van der Waals surface area (Å²) in [7, 11) is 1.89. The summed E-state index contributed by atoms with van der Waals surface area (Å²) >= 11 is 0. The van der Waals surface area contributed by atoms with E-state index < -0.39 is 0 Å². The van der Waals surface area contributed by atoms with Crippen molar-refractivity contribution in [2.75, 3.05) is 13.7 Å². The molecule has 1 unspecified atom stereocenters. The molecule has 2 rings (SSSR count). The van der Waals surface area contributed by atoms with Crippen LogP contribution in [0.25, 0.3) is 0 Å². The van der Waals surface area contributed by atoms with E-state index in [1.54, 1.807) is 0 Å². The maximum absolute atomic E-state index is 6.09. The largest absolute Gasteiger partial charge is 0.376 e. The Bertz CT molecular complexity index is 418. The van der Waals surface area contributed by atoms with Gasteiger partial charge in [0.1, 0.15) is 0 Å². The SMILES string of the molecule is CCNC(c1ccc(CC)cc1)C1(OC)CCC(C)CC1. The Morgan fingerprint density at radius 3 is 2.29 bits per heavy atom. The standard InChI is InChI=1S/C19H31NO/c1-5-16-7-9-17(10-8-16)18(20-6-2)19(21-4)13-11-15(3)12-14-19/h7-10,15,18,20H,5-6,11-14H2,1-4H3. The Kier molecular flexibility index (Phi) is 5.83. The zero-order valence-electron chi connectivity index (χ0n) is 14.1. The van der Waals surface area contributed by atoms with Gasteiger partial charge in [0, 0.05) is 7.11 Å². The maximum Gasteiger partial charge on any atom is 0.0872 e. The van der Waals surface area contributed by atoms with Crippen molar-refractivity contribution in [1.82, 2.24) is 5.32 Å². The molecule has 0 heterocycles. The van der Waals surface area contributed by atoms with Crippen LogP contribution in [0.3, 0.4) is 0 Å². The van der Waals surface area contributed by atoms with Gasteiger partial charge in [-0.15, -0.1) is 0 Å². The third kappa shape index (κ3) is 3.67. The van der Waals surface area contributed by atoms with Gasteiger partial charge < -0.3 is 10.1 Å². The van der Waals surface area contributed by atoms with E-state index in [1.807, 2.05) is 7.11 Å². The quantitative estimate of drug-likeness (QED) is 0.833. The molecule has 1 aromatic rings. The molecule has 0 saturated heterocycles. The smallest absolute Gasteiger partial charge is 0.0872 e. The van der Waals surface area contributed by atoms with Gasteiger partial charge in [0.05, 0.1) is 11.6 Å². The van der Waals surface area contributed by atoms with Crippen molar-refractivity contribution in [3.8, 4) is 0 Å². The number of benzene rings is 1. The van der Waals surface area contributed by atoms with Crippen molar-refractivity contribution in [3.05, 3.63) is 35.4 Å². The van der Waals surface area contributed by atoms with Crippen LogP contribution in [0.2, 0.25) is 0 Å². The van der Waals surface area contributed by atoms with Crippen molar-refractivity contribution in [3.63, 3.8) is 0 Å². The summed E-state index contributed by atoms with van der Waals surface area (Å²) in [6, 6.07) is 9.38. The predicted octanol–water partition coefficient (Wildman–Crippen LogP) is 4.49. The average Bonchev–Trinajstić information content (AvgIpc) is 2.54. The van der Waals surface area contributed by atoms with E-state index in [1.165, 1.54) is 24.0 Å². The number of rotatable bonds is 6. The molecular formula is C19H31NO.